The largest absolute Gasteiger partial charge is 0.396 e. The van der Waals surface area contributed by atoms with Crippen LogP contribution in [0.25, 0.3) is 0 Å². The highest BCUT2D eigenvalue weighted by atomic mass is 16.3. The zero-order valence-corrected chi connectivity index (χ0v) is 12.0. The fraction of sp³-hybridized carbons (Fsp3) is 0.714. The molecule has 1 fully saturated rings. The van der Waals surface area contributed by atoms with E-state index in [9.17, 15) is 5.11 Å². The molecule has 5 nitrogen and oxygen atoms in total. The zero-order chi connectivity index (χ0) is 14.0. The SMILES string of the molecule is CC(C)(C)c1nc(N)cc(NC2CCCC2CO)n1. The van der Waals surface area contributed by atoms with E-state index in [0.717, 1.165) is 30.9 Å². The Balaban J connectivity index is 2.18. The van der Waals surface area contributed by atoms with Gasteiger partial charge in [-0.15, -0.1) is 0 Å². The lowest BCUT2D eigenvalue weighted by atomic mass is 9.96. The Morgan fingerprint density at radius 2 is 2.11 bits per heavy atom. The monoisotopic (exact) mass is 264 g/mol. The first-order valence-corrected chi connectivity index (χ1v) is 6.92. The summed E-state index contributed by atoms with van der Waals surface area (Å²) in [6.07, 6.45) is 3.29. The molecule has 106 valence electrons. The molecule has 19 heavy (non-hydrogen) atoms. The molecule has 0 spiro atoms. The Labute approximate surface area is 114 Å². The van der Waals surface area contributed by atoms with Crippen LogP contribution in [0.4, 0.5) is 11.6 Å². The highest BCUT2D eigenvalue weighted by molar-refractivity contribution is 5.46. The first-order chi connectivity index (χ1) is 8.90. The van der Waals surface area contributed by atoms with E-state index < -0.39 is 0 Å². The van der Waals surface area contributed by atoms with Crippen molar-refractivity contribution in [3.63, 3.8) is 0 Å². The van der Waals surface area contributed by atoms with Crippen LogP contribution in [0.15, 0.2) is 6.07 Å². The van der Waals surface area contributed by atoms with Crippen molar-refractivity contribution in [1.29, 1.82) is 0 Å². The van der Waals surface area contributed by atoms with E-state index in [0.29, 0.717) is 11.7 Å². The fourth-order valence-corrected chi connectivity index (χ4v) is 2.51. The van der Waals surface area contributed by atoms with Crippen molar-refractivity contribution in [3.05, 3.63) is 11.9 Å². The lowest BCUT2D eigenvalue weighted by molar-refractivity contribution is 0.222. The van der Waals surface area contributed by atoms with Crippen LogP contribution in [0, 0.1) is 5.92 Å². The summed E-state index contributed by atoms with van der Waals surface area (Å²) in [4.78, 5) is 8.85. The van der Waals surface area contributed by atoms with Crippen molar-refractivity contribution < 1.29 is 5.11 Å². The molecular formula is C14H24N4O. The standard InChI is InChI=1S/C14H24N4O/c1-14(2,3)13-17-11(15)7-12(18-13)16-10-6-4-5-9(10)8-19/h7,9-10,19H,4-6,8H2,1-3H3,(H3,15,16,17,18). The highest BCUT2D eigenvalue weighted by Gasteiger charge is 2.27. The van der Waals surface area contributed by atoms with Crippen molar-refractivity contribution in [2.75, 3.05) is 17.7 Å². The van der Waals surface area contributed by atoms with Crippen molar-refractivity contribution in [2.24, 2.45) is 5.92 Å². The smallest absolute Gasteiger partial charge is 0.138 e. The van der Waals surface area contributed by atoms with Gasteiger partial charge in [-0.3, -0.25) is 0 Å². The number of aliphatic hydroxyl groups excluding tert-OH is 1. The fourth-order valence-electron chi connectivity index (χ4n) is 2.51. The van der Waals surface area contributed by atoms with Crippen LogP contribution in [0.1, 0.15) is 45.9 Å². The van der Waals surface area contributed by atoms with Gasteiger partial charge in [0.2, 0.25) is 0 Å². The maximum absolute atomic E-state index is 9.36. The van der Waals surface area contributed by atoms with Gasteiger partial charge in [0.1, 0.15) is 17.5 Å². The summed E-state index contributed by atoms with van der Waals surface area (Å²) in [5.74, 6) is 2.31. The number of aromatic nitrogens is 2. The molecule has 0 amide bonds. The normalized spacial score (nSPS) is 23.6. The molecule has 0 aliphatic heterocycles. The molecule has 1 aromatic heterocycles. The number of hydrogen-bond donors (Lipinski definition) is 3. The maximum Gasteiger partial charge on any atom is 0.138 e. The van der Waals surface area contributed by atoms with Crippen LogP contribution in [0.5, 0.6) is 0 Å². The second kappa shape index (κ2) is 5.33. The summed E-state index contributed by atoms with van der Waals surface area (Å²) < 4.78 is 0. The quantitative estimate of drug-likeness (QED) is 0.777. The van der Waals surface area contributed by atoms with Crippen LogP contribution in [-0.4, -0.2) is 27.7 Å². The number of nitrogens with zero attached hydrogens (tertiary/aromatic N) is 2. The molecule has 1 aromatic rings. The van der Waals surface area contributed by atoms with Crippen molar-refractivity contribution in [3.8, 4) is 0 Å². The lowest BCUT2D eigenvalue weighted by Crippen LogP contribution is -2.28. The second-order valence-corrected chi connectivity index (χ2v) is 6.38. The zero-order valence-electron chi connectivity index (χ0n) is 12.0. The number of nitrogen functional groups attached to an aromatic ring is 1. The predicted octanol–water partition coefficient (Wildman–Crippen LogP) is 1.93. The average molecular weight is 264 g/mol. The van der Waals surface area contributed by atoms with Gasteiger partial charge in [-0.2, -0.15) is 0 Å². The molecule has 1 aliphatic rings. The number of rotatable bonds is 3. The summed E-state index contributed by atoms with van der Waals surface area (Å²) >= 11 is 0. The Morgan fingerprint density at radius 1 is 1.37 bits per heavy atom. The number of nitrogens with two attached hydrogens (primary N) is 1. The molecule has 4 N–H and O–H groups in total. The van der Waals surface area contributed by atoms with Crippen LogP contribution < -0.4 is 11.1 Å². The van der Waals surface area contributed by atoms with Crippen LogP contribution in [0.2, 0.25) is 0 Å². The molecule has 1 aliphatic carbocycles. The Hall–Kier alpha value is -1.36. The number of nitrogens with one attached hydrogen (secondary N) is 1. The third-order valence-electron chi connectivity index (χ3n) is 3.64. The minimum absolute atomic E-state index is 0.127. The third-order valence-corrected chi connectivity index (χ3v) is 3.64. The molecule has 0 bridgehead atoms. The Bertz CT molecular complexity index is 442. The third kappa shape index (κ3) is 3.35. The van der Waals surface area contributed by atoms with Gasteiger partial charge in [0.15, 0.2) is 0 Å². The van der Waals surface area contributed by atoms with E-state index in [1.807, 2.05) is 0 Å². The Morgan fingerprint density at radius 3 is 2.74 bits per heavy atom. The summed E-state index contributed by atoms with van der Waals surface area (Å²) in [7, 11) is 0. The molecular weight excluding hydrogens is 240 g/mol. The number of hydrogen-bond acceptors (Lipinski definition) is 5. The number of aliphatic hydroxyl groups is 1. The summed E-state index contributed by atoms with van der Waals surface area (Å²) in [5.41, 5.74) is 5.73. The molecule has 0 saturated heterocycles. The predicted molar refractivity (Wildman–Crippen MR) is 77.0 cm³/mol. The van der Waals surface area contributed by atoms with Gasteiger partial charge in [0.25, 0.3) is 0 Å². The summed E-state index contributed by atoms with van der Waals surface area (Å²) in [5, 5.41) is 12.8. The average Bonchev–Trinajstić information content (AvgIpc) is 2.74. The Kier molecular flexibility index (Phi) is 3.94. The summed E-state index contributed by atoms with van der Waals surface area (Å²) in [6.45, 7) is 6.43. The molecule has 2 rings (SSSR count). The van der Waals surface area contributed by atoms with E-state index in [2.05, 4.69) is 36.1 Å². The molecule has 1 heterocycles. The minimum Gasteiger partial charge on any atom is -0.396 e. The van der Waals surface area contributed by atoms with Crippen molar-refractivity contribution in [1.82, 2.24) is 9.97 Å². The van der Waals surface area contributed by atoms with E-state index in [1.54, 1.807) is 6.07 Å². The first-order valence-electron chi connectivity index (χ1n) is 6.92. The van der Waals surface area contributed by atoms with Gasteiger partial charge in [-0.25, -0.2) is 9.97 Å². The van der Waals surface area contributed by atoms with Gasteiger partial charge in [-0.05, 0) is 12.8 Å². The topological polar surface area (TPSA) is 84.1 Å². The molecule has 2 unspecified atom stereocenters. The maximum atomic E-state index is 9.36. The highest BCUT2D eigenvalue weighted by Crippen LogP contribution is 2.29. The van der Waals surface area contributed by atoms with Crippen LogP contribution in [0.3, 0.4) is 0 Å². The second-order valence-electron chi connectivity index (χ2n) is 6.38. The van der Waals surface area contributed by atoms with E-state index in [1.165, 1.54) is 0 Å². The van der Waals surface area contributed by atoms with Crippen molar-refractivity contribution >= 4 is 11.6 Å². The van der Waals surface area contributed by atoms with Crippen LogP contribution >= 0.6 is 0 Å². The van der Waals surface area contributed by atoms with Gasteiger partial charge in [-0.1, -0.05) is 27.2 Å². The van der Waals surface area contributed by atoms with E-state index >= 15 is 0 Å². The van der Waals surface area contributed by atoms with Gasteiger partial charge < -0.3 is 16.2 Å². The number of anilines is 2. The van der Waals surface area contributed by atoms with Crippen LogP contribution in [-0.2, 0) is 5.41 Å². The first kappa shape index (κ1) is 14.1. The van der Waals surface area contributed by atoms with Gasteiger partial charge >= 0.3 is 0 Å². The molecule has 1 saturated carbocycles. The minimum atomic E-state index is -0.127. The summed E-state index contributed by atoms with van der Waals surface area (Å²) in [6, 6.07) is 2.05. The lowest BCUT2D eigenvalue weighted by Gasteiger charge is -2.22. The molecule has 2 atom stereocenters. The molecule has 0 radical (unpaired) electrons. The van der Waals surface area contributed by atoms with Crippen molar-refractivity contribution in [2.45, 2.75) is 51.5 Å². The van der Waals surface area contributed by atoms with E-state index in [-0.39, 0.29) is 18.1 Å². The molecule has 0 aromatic carbocycles. The van der Waals surface area contributed by atoms with Gasteiger partial charge in [0, 0.05) is 30.0 Å². The van der Waals surface area contributed by atoms with E-state index in [4.69, 9.17) is 5.73 Å². The molecule has 5 heteroatoms. The van der Waals surface area contributed by atoms with Gasteiger partial charge in [0.05, 0.1) is 0 Å².